The van der Waals surface area contributed by atoms with Gasteiger partial charge in [0.25, 0.3) is 5.17 Å². The van der Waals surface area contributed by atoms with Crippen molar-refractivity contribution < 1.29 is 4.48 Å². The van der Waals surface area contributed by atoms with Crippen molar-refractivity contribution in [2.75, 3.05) is 18.8 Å². The van der Waals surface area contributed by atoms with Crippen molar-refractivity contribution in [2.45, 2.75) is 25.4 Å². The van der Waals surface area contributed by atoms with E-state index in [-0.39, 0.29) is 0 Å². The molecule has 0 aliphatic carbocycles. The molecule has 0 radical (unpaired) electrons. The molecule has 154 valence electrons. The van der Waals surface area contributed by atoms with Gasteiger partial charge in [0, 0.05) is 26.6 Å². The van der Waals surface area contributed by atoms with Gasteiger partial charge in [-0.25, -0.2) is 4.48 Å². The molecule has 29 heavy (non-hydrogen) atoms. The molecule has 8 heteroatoms. The average molecular weight is 488 g/mol. The molecule has 0 saturated heterocycles. The average Bonchev–Trinajstić information content (AvgIpc) is 3.06. The van der Waals surface area contributed by atoms with Crippen LogP contribution in [-0.4, -0.2) is 34.3 Å². The highest BCUT2D eigenvalue weighted by molar-refractivity contribution is 8.12. The summed E-state index contributed by atoms with van der Waals surface area (Å²) >= 11 is 21.9. The first-order chi connectivity index (χ1) is 14.0. The van der Waals surface area contributed by atoms with Crippen LogP contribution in [0.15, 0.2) is 52.7 Å². The number of halogens is 3. The van der Waals surface area contributed by atoms with Gasteiger partial charge in [-0.2, -0.15) is 0 Å². The second-order valence-electron chi connectivity index (χ2n) is 6.64. The van der Waals surface area contributed by atoms with E-state index in [0.717, 1.165) is 51.9 Å². The Bertz CT molecular complexity index is 910. The van der Waals surface area contributed by atoms with E-state index in [1.54, 1.807) is 17.8 Å². The van der Waals surface area contributed by atoms with Gasteiger partial charge in [0.2, 0.25) is 5.84 Å². The van der Waals surface area contributed by atoms with Gasteiger partial charge in [-0.1, -0.05) is 63.2 Å². The molecular weight excluding hydrogens is 465 g/mol. The number of benzene rings is 2. The number of amidine groups is 2. The molecule has 0 fully saturated rings. The molecule has 0 atom stereocenters. The summed E-state index contributed by atoms with van der Waals surface area (Å²) in [5, 5.41) is 12.3. The van der Waals surface area contributed by atoms with Crippen molar-refractivity contribution in [3.05, 3.63) is 68.7 Å². The maximum absolute atomic E-state index is 6.34. The van der Waals surface area contributed by atoms with Crippen LogP contribution in [0.25, 0.3) is 0 Å². The summed E-state index contributed by atoms with van der Waals surface area (Å²) in [6.07, 6.45) is 0. The van der Waals surface area contributed by atoms with E-state index in [1.165, 1.54) is 5.56 Å². The zero-order valence-corrected chi connectivity index (χ0v) is 20.3. The molecule has 1 aliphatic rings. The van der Waals surface area contributed by atoms with E-state index in [0.29, 0.717) is 14.5 Å². The lowest BCUT2D eigenvalue weighted by Crippen LogP contribution is -2.54. The van der Waals surface area contributed by atoms with Gasteiger partial charge in [0.1, 0.15) is 0 Å². The number of hydrogen-bond donors (Lipinski definition) is 0. The molecular formula is C21H23Cl3N3S2+. The third kappa shape index (κ3) is 5.52. The van der Waals surface area contributed by atoms with Crippen LogP contribution in [0.1, 0.15) is 25.0 Å². The Hall–Kier alpha value is -0.690. The molecule has 0 amide bonds. The molecule has 0 unspecified atom stereocenters. The molecule has 2 aromatic rings. The van der Waals surface area contributed by atoms with Crippen LogP contribution in [0.3, 0.4) is 0 Å². The van der Waals surface area contributed by atoms with Crippen molar-refractivity contribution >= 4 is 69.3 Å². The molecule has 0 saturated carbocycles. The van der Waals surface area contributed by atoms with Gasteiger partial charge >= 0.3 is 0 Å². The highest BCUT2D eigenvalue weighted by Crippen LogP contribution is 2.31. The molecule has 2 aromatic carbocycles. The topological polar surface area (TPSA) is 24.7 Å². The summed E-state index contributed by atoms with van der Waals surface area (Å²) in [5.74, 6) is 3.63. The lowest BCUT2D eigenvalue weighted by atomic mass is 10.2. The fourth-order valence-corrected chi connectivity index (χ4v) is 6.11. The minimum atomic E-state index is 0.650. The normalized spacial score (nSPS) is 15.3. The van der Waals surface area contributed by atoms with Crippen molar-refractivity contribution in [1.82, 2.24) is 0 Å². The van der Waals surface area contributed by atoms with Crippen LogP contribution in [0.5, 0.6) is 0 Å². The van der Waals surface area contributed by atoms with Gasteiger partial charge in [-0.3, -0.25) is 0 Å². The van der Waals surface area contributed by atoms with E-state index < -0.39 is 0 Å². The van der Waals surface area contributed by atoms with Crippen molar-refractivity contribution in [1.29, 1.82) is 0 Å². The first kappa shape index (κ1) is 23.0. The quantitative estimate of drug-likeness (QED) is 0.363. The zero-order chi connectivity index (χ0) is 20.9. The zero-order valence-electron chi connectivity index (χ0n) is 16.4. The van der Waals surface area contributed by atoms with Crippen molar-refractivity contribution in [2.24, 2.45) is 10.2 Å². The Morgan fingerprint density at radius 2 is 1.52 bits per heavy atom. The SMILES string of the molecule is CC[N+]1(CC)C(CSCc2ccc(Cl)cc2)=NN=C1SCc1ccc(Cl)cc1Cl. The number of thioether (sulfide) groups is 2. The van der Waals surface area contributed by atoms with Crippen LogP contribution in [0, 0.1) is 0 Å². The highest BCUT2D eigenvalue weighted by Gasteiger charge is 2.42. The number of rotatable bonds is 8. The van der Waals surface area contributed by atoms with E-state index in [4.69, 9.17) is 34.8 Å². The Kier molecular flexibility index (Phi) is 8.37. The summed E-state index contributed by atoms with van der Waals surface area (Å²) in [6.45, 7) is 6.24. The molecule has 0 spiro atoms. The summed E-state index contributed by atoms with van der Waals surface area (Å²) in [5.41, 5.74) is 2.32. The fourth-order valence-electron chi connectivity index (χ4n) is 3.17. The van der Waals surface area contributed by atoms with Crippen LogP contribution in [0.4, 0.5) is 0 Å². The second-order valence-corrected chi connectivity index (χ2v) is 9.85. The Balaban J connectivity index is 1.62. The van der Waals surface area contributed by atoms with Gasteiger partial charge in [-0.05, 0) is 61.0 Å². The molecule has 0 bridgehead atoms. The molecule has 3 nitrogen and oxygen atoms in total. The Morgan fingerprint density at radius 3 is 2.17 bits per heavy atom. The summed E-state index contributed by atoms with van der Waals surface area (Å²) in [4.78, 5) is 0. The predicted molar refractivity (Wildman–Crippen MR) is 132 cm³/mol. The van der Waals surface area contributed by atoms with Crippen molar-refractivity contribution in [3.63, 3.8) is 0 Å². The van der Waals surface area contributed by atoms with E-state index in [9.17, 15) is 0 Å². The Morgan fingerprint density at radius 1 is 0.828 bits per heavy atom. The minimum absolute atomic E-state index is 0.650. The van der Waals surface area contributed by atoms with Gasteiger partial charge in [-0.15, -0.1) is 11.8 Å². The number of nitrogens with zero attached hydrogens (tertiary/aromatic N) is 3. The smallest absolute Gasteiger partial charge is 0.221 e. The lowest BCUT2D eigenvalue weighted by Gasteiger charge is -2.32. The van der Waals surface area contributed by atoms with E-state index >= 15 is 0 Å². The summed E-state index contributed by atoms with van der Waals surface area (Å²) in [6, 6.07) is 13.6. The third-order valence-electron chi connectivity index (χ3n) is 4.98. The maximum Gasteiger partial charge on any atom is 0.289 e. The molecule has 1 heterocycles. The molecule has 0 aromatic heterocycles. The second kappa shape index (κ2) is 10.6. The third-order valence-corrected chi connectivity index (χ3v) is 7.96. The van der Waals surface area contributed by atoms with Gasteiger partial charge < -0.3 is 0 Å². The monoisotopic (exact) mass is 486 g/mol. The van der Waals surface area contributed by atoms with Gasteiger partial charge in [0.15, 0.2) is 0 Å². The number of quaternary nitrogens is 1. The molecule has 0 N–H and O–H groups in total. The first-order valence-electron chi connectivity index (χ1n) is 9.40. The first-order valence-corrected chi connectivity index (χ1v) is 12.7. The Labute approximate surface area is 196 Å². The van der Waals surface area contributed by atoms with Crippen LogP contribution < -0.4 is 0 Å². The minimum Gasteiger partial charge on any atom is -0.221 e. The molecule has 1 aliphatic heterocycles. The van der Waals surface area contributed by atoms with Crippen molar-refractivity contribution in [3.8, 4) is 0 Å². The standard InChI is InChI=1S/C21H23Cl3N3S2/c1-3-27(4-2)20(14-28-12-15-5-8-17(22)9-6-15)25-26-21(27)29-13-16-7-10-18(23)11-19(16)24/h5-11H,3-4,12-14H2,1-2H3/q+1. The van der Waals surface area contributed by atoms with Gasteiger partial charge in [0.05, 0.1) is 18.8 Å². The van der Waals surface area contributed by atoms with Crippen LogP contribution in [-0.2, 0) is 11.5 Å². The fraction of sp³-hybridized carbons (Fsp3) is 0.333. The maximum atomic E-state index is 6.34. The number of hydrogen-bond acceptors (Lipinski definition) is 4. The summed E-state index contributed by atoms with van der Waals surface area (Å²) < 4.78 is 0.712. The van der Waals surface area contributed by atoms with E-state index in [2.05, 4.69) is 36.2 Å². The molecule has 3 rings (SSSR count). The highest BCUT2D eigenvalue weighted by atomic mass is 35.5. The van der Waals surface area contributed by atoms with E-state index in [1.807, 2.05) is 36.0 Å². The van der Waals surface area contributed by atoms with Crippen LogP contribution in [0.2, 0.25) is 15.1 Å². The predicted octanol–water partition coefficient (Wildman–Crippen LogP) is 7.35. The van der Waals surface area contributed by atoms with Crippen LogP contribution >= 0.6 is 58.3 Å². The lowest BCUT2D eigenvalue weighted by molar-refractivity contribution is -0.737. The largest absolute Gasteiger partial charge is 0.289 e. The summed E-state index contributed by atoms with van der Waals surface area (Å²) in [7, 11) is 0.